The summed E-state index contributed by atoms with van der Waals surface area (Å²) in [7, 11) is 0.933. The van der Waals surface area contributed by atoms with E-state index in [-0.39, 0.29) is 28.8 Å². The highest BCUT2D eigenvalue weighted by Gasteiger charge is 2.37. The number of aldehydes is 1. The fourth-order valence-electron chi connectivity index (χ4n) is 5.13. The van der Waals surface area contributed by atoms with Crippen LogP contribution in [-0.4, -0.2) is 47.3 Å². The number of carbonyl (C=O) groups is 3. The number of anilines is 1. The van der Waals surface area contributed by atoms with Gasteiger partial charge in [-0.2, -0.15) is 0 Å². The number of methoxy groups -OCH3 is 2. The van der Waals surface area contributed by atoms with E-state index in [1.54, 1.807) is 0 Å². The molecule has 4 rings (SSSR count). The Balaban J connectivity index is 2.05. The van der Waals surface area contributed by atoms with E-state index >= 15 is 0 Å². The number of hydrogen-bond donors (Lipinski definition) is 1. The maximum atomic E-state index is 13.1. The summed E-state index contributed by atoms with van der Waals surface area (Å²) in [5.74, 6) is -0.938. The van der Waals surface area contributed by atoms with E-state index in [9.17, 15) is 14.4 Å². The molecule has 1 heterocycles. The first kappa shape index (κ1) is 24.7. The molecule has 1 aromatic heterocycles. The molecule has 3 aliphatic carbocycles. The minimum atomic E-state index is -1.61. The molecule has 7 nitrogen and oxygen atoms in total. The van der Waals surface area contributed by atoms with Crippen LogP contribution in [-0.2, 0) is 9.47 Å². The van der Waals surface area contributed by atoms with E-state index in [1.807, 2.05) is 30.3 Å². The summed E-state index contributed by atoms with van der Waals surface area (Å²) < 4.78 is 16.5. The molecule has 184 valence electrons. The van der Waals surface area contributed by atoms with Crippen LogP contribution in [0.15, 0.2) is 34.7 Å². The summed E-state index contributed by atoms with van der Waals surface area (Å²) in [6.07, 6.45) is 6.10. The van der Waals surface area contributed by atoms with Crippen LogP contribution in [0, 0.1) is 0 Å². The summed E-state index contributed by atoms with van der Waals surface area (Å²) in [6.45, 7) is 4.24. The number of hydrogen-bond acceptors (Lipinski definition) is 7. The van der Waals surface area contributed by atoms with Gasteiger partial charge in [0.2, 0.25) is 5.88 Å². The molecule has 1 fully saturated rings. The molecule has 0 bridgehead atoms. The van der Waals surface area contributed by atoms with Crippen molar-refractivity contribution in [1.29, 1.82) is 0 Å². The average Bonchev–Trinajstić information content (AvgIpc) is 3.27. The van der Waals surface area contributed by atoms with Gasteiger partial charge >= 0.3 is 11.9 Å². The Morgan fingerprint density at radius 2 is 1.60 bits per heavy atom. The topological polar surface area (TPSA) is 94.8 Å². The van der Waals surface area contributed by atoms with Crippen LogP contribution < -0.4 is 10.5 Å². The molecule has 1 aromatic rings. The minimum absolute atomic E-state index is 0.0180. The predicted octanol–water partition coefficient (Wildman–Crippen LogP) is 4.88. The Morgan fingerprint density at radius 1 is 0.971 bits per heavy atom. The number of nitrogens with one attached hydrogen (secondary N) is 1. The molecule has 0 amide bonds. The van der Waals surface area contributed by atoms with Gasteiger partial charge in [-0.05, 0) is 29.2 Å². The Bertz CT molecular complexity index is 1220. The average molecular weight is 494 g/mol. The third-order valence-corrected chi connectivity index (χ3v) is 8.46. The smallest absolute Gasteiger partial charge is 0.344 e. The molecule has 3 aliphatic rings. The first-order valence-corrected chi connectivity index (χ1v) is 14.9. The molecule has 0 spiro atoms. The molecular weight excluding hydrogens is 462 g/mol. The number of esters is 2. The Kier molecular flexibility index (Phi) is 7.40. The lowest BCUT2D eigenvalue weighted by Crippen LogP contribution is -2.26. The third kappa shape index (κ3) is 4.50. The van der Waals surface area contributed by atoms with Gasteiger partial charge in [-0.15, -0.1) is 0 Å². The van der Waals surface area contributed by atoms with E-state index in [0.29, 0.717) is 11.1 Å². The van der Waals surface area contributed by atoms with E-state index < -0.39 is 20.7 Å². The van der Waals surface area contributed by atoms with Crippen molar-refractivity contribution in [2.24, 2.45) is 0 Å². The normalized spacial score (nSPS) is 14.2. The molecule has 1 N–H and O–H groups in total. The SMILES string of the molecule is COC(=O)c1c(NC2CCCCC2)oc(-c2c3cccccc-3c(C=O)c2[SiH](C)C)c1C(=O)OC. The van der Waals surface area contributed by atoms with E-state index in [4.69, 9.17) is 13.9 Å². The summed E-state index contributed by atoms with van der Waals surface area (Å²) in [4.78, 5) is 38.4. The molecule has 0 aliphatic heterocycles. The van der Waals surface area contributed by atoms with Crippen LogP contribution in [0.4, 0.5) is 5.88 Å². The summed E-state index contributed by atoms with van der Waals surface area (Å²) in [6, 6.07) is 9.57. The maximum absolute atomic E-state index is 13.1. The van der Waals surface area contributed by atoms with Crippen molar-refractivity contribution in [2.75, 3.05) is 19.5 Å². The second-order valence-corrected chi connectivity index (χ2v) is 12.1. The zero-order valence-corrected chi connectivity index (χ0v) is 21.8. The van der Waals surface area contributed by atoms with Gasteiger partial charge in [0, 0.05) is 17.2 Å². The van der Waals surface area contributed by atoms with Crippen molar-refractivity contribution < 1.29 is 28.3 Å². The lowest BCUT2D eigenvalue weighted by atomic mass is 9.95. The number of carbonyl (C=O) groups excluding carboxylic acids is 3. The molecule has 8 heteroatoms. The van der Waals surface area contributed by atoms with Gasteiger partial charge in [-0.25, -0.2) is 9.59 Å². The molecule has 0 aromatic carbocycles. The van der Waals surface area contributed by atoms with Gasteiger partial charge in [-0.3, -0.25) is 4.79 Å². The van der Waals surface area contributed by atoms with Gasteiger partial charge in [0.05, 0.1) is 23.0 Å². The first-order valence-electron chi connectivity index (χ1n) is 12.0. The predicted molar refractivity (Wildman–Crippen MR) is 138 cm³/mol. The maximum Gasteiger partial charge on any atom is 0.344 e. The van der Waals surface area contributed by atoms with Gasteiger partial charge < -0.3 is 19.2 Å². The van der Waals surface area contributed by atoms with Gasteiger partial charge in [0.25, 0.3) is 0 Å². The lowest BCUT2D eigenvalue weighted by molar-refractivity contribution is 0.0558. The van der Waals surface area contributed by atoms with Crippen molar-refractivity contribution in [3.63, 3.8) is 0 Å². The molecule has 0 saturated heterocycles. The quantitative estimate of drug-likeness (QED) is 0.285. The number of furan rings is 1. The zero-order chi connectivity index (χ0) is 25.1. The van der Waals surface area contributed by atoms with Crippen LogP contribution in [0.25, 0.3) is 22.5 Å². The van der Waals surface area contributed by atoms with Crippen LogP contribution in [0.3, 0.4) is 0 Å². The standard InChI is InChI=1S/C27H31NO6Si/c1-32-26(30)21-22(27(31)33-2)25(28-16-11-7-5-8-12-16)34-23(21)20-18-14-10-6-9-13-17(18)19(15-29)24(20)35(3)4/h6,9-10,13-16,28,35H,5,7-8,11-12H2,1-4H3. The van der Waals surface area contributed by atoms with Gasteiger partial charge in [-0.1, -0.05) is 62.7 Å². The lowest BCUT2D eigenvalue weighted by Gasteiger charge is -2.22. The summed E-state index contributed by atoms with van der Waals surface area (Å²) in [5.41, 5.74) is 2.88. The highest BCUT2D eigenvalue weighted by Crippen LogP contribution is 2.43. The molecule has 1 saturated carbocycles. The third-order valence-electron chi connectivity index (χ3n) is 6.71. The number of rotatable bonds is 7. The van der Waals surface area contributed by atoms with Gasteiger partial charge in [0.1, 0.15) is 11.1 Å². The number of ether oxygens (including phenoxy) is 2. The van der Waals surface area contributed by atoms with E-state index in [0.717, 1.165) is 48.3 Å². The Morgan fingerprint density at radius 3 is 2.20 bits per heavy atom. The molecule has 35 heavy (non-hydrogen) atoms. The van der Waals surface area contributed by atoms with E-state index in [1.165, 1.54) is 20.6 Å². The molecular formula is C27H31NO6Si. The highest BCUT2D eigenvalue weighted by molar-refractivity contribution is 6.74. The fourth-order valence-corrected chi connectivity index (χ4v) is 6.84. The Labute approximate surface area is 206 Å². The van der Waals surface area contributed by atoms with Gasteiger partial charge in [0.15, 0.2) is 12.0 Å². The van der Waals surface area contributed by atoms with Crippen molar-refractivity contribution >= 4 is 38.1 Å². The van der Waals surface area contributed by atoms with Crippen LogP contribution >= 0.6 is 0 Å². The zero-order valence-electron chi connectivity index (χ0n) is 20.6. The van der Waals surface area contributed by atoms with E-state index in [2.05, 4.69) is 18.4 Å². The molecule has 0 radical (unpaired) electrons. The van der Waals surface area contributed by atoms with Crippen LogP contribution in [0.5, 0.6) is 0 Å². The first-order chi connectivity index (χ1) is 16.9. The van der Waals surface area contributed by atoms with Crippen molar-refractivity contribution in [3.05, 3.63) is 47.0 Å². The fraction of sp³-hybridized carbons (Fsp3) is 0.370. The van der Waals surface area contributed by atoms with Crippen LogP contribution in [0.1, 0.15) is 63.2 Å². The highest BCUT2D eigenvalue weighted by atomic mass is 28.3. The second kappa shape index (κ2) is 10.5. The van der Waals surface area contributed by atoms with Crippen molar-refractivity contribution in [2.45, 2.75) is 51.2 Å². The summed E-state index contributed by atoms with van der Waals surface area (Å²) >= 11 is 0. The van der Waals surface area contributed by atoms with Crippen molar-refractivity contribution in [3.8, 4) is 22.5 Å². The summed E-state index contributed by atoms with van der Waals surface area (Å²) in [5, 5.41) is 4.25. The largest absolute Gasteiger partial charge is 0.465 e. The number of fused-ring (bicyclic) bond motifs is 1. The monoisotopic (exact) mass is 493 g/mol. The second-order valence-electron chi connectivity index (χ2n) is 9.19. The van der Waals surface area contributed by atoms with Crippen molar-refractivity contribution in [1.82, 2.24) is 0 Å². The molecule has 0 unspecified atom stereocenters. The van der Waals surface area contributed by atoms with Crippen LogP contribution in [0.2, 0.25) is 13.1 Å². The minimum Gasteiger partial charge on any atom is -0.465 e. The Hall–Kier alpha value is -3.39. The molecule has 0 atom stereocenters.